The van der Waals surface area contributed by atoms with Crippen molar-refractivity contribution in [2.24, 2.45) is 0 Å². The van der Waals surface area contributed by atoms with E-state index in [1.54, 1.807) is 6.08 Å². The molecule has 0 N–H and O–H groups in total. The third kappa shape index (κ3) is 5.41. The lowest BCUT2D eigenvalue weighted by atomic mass is 9.85. The molecule has 0 unspecified atom stereocenters. The predicted molar refractivity (Wildman–Crippen MR) is 194 cm³/mol. The molecule has 0 radical (unpaired) electrons. The molecule has 1 heterocycles. The Morgan fingerprint density at radius 1 is 0.422 bits per heavy atom. The van der Waals surface area contributed by atoms with Crippen molar-refractivity contribution in [3.8, 4) is 44.6 Å². The normalized spacial score (nSPS) is 10.9. The highest BCUT2D eigenvalue weighted by molar-refractivity contribution is 6.21. The Bertz CT molecular complexity index is 2220. The summed E-state index contributed by atoms with van der Waals surface area (Å²) in [6.07, 6.45) is 3.65. The molecule has 0 atom stereocenters. The molecule has 0 saturated heterocycles. The molecule has 1 nitrogen and oxygen atoms in total. The van der Waals surface area contributed by atoms with E-state index in [1.807, 2.05) is 19.2 Å². The van der Waals surface area contributed by atoms with Crippen LogP contribution in [0.15, 0.2) is 177 Å². The van der Waals surface area contributed by atoms with Crippen LogP contribution >= 0.6 is 0 Å². The van der Waals surface area contributed by atoms with Gasteiger partial charge in [-0.15, -0.1) is 6.58 Å². The van der Waals surface area contributed by atoms with Gasteiger partial charge in [0, 0.05) is 11.8 Å². The highest BCUT2D eigenvalue weighted by atomic mass is 14.7. The van der Waals surface area contributed by atoms with Gasteiger partial charge >= 0.3 is 0 Å². The van der Waals surface area contributed by atoms with Gasteiger partial charge in [0.2, 0.25) is 0 Å². The molecule has 0 amide bonds. The summed E-state index contributed by atoms with van der Waals surface area (Å²) in [6.45, 7) is 5.25. The van der Waals surface area contributed by atoms with Crippen LogP contribution < -0.4 is 0 Å². The Morgan fingerprint density at radius 2 is 0.844 bits per heavy atom. The number of benzene rings is 7. The maximum atomic E-state index is 4.62. The van der Waals surface area contributed by atoms with Crippen molar-refractivity contribution in [1.82, 2.24) is 4.98 Å². The molecule has 7 aromatic carbocycles. The molecule has 45 heavy (non-hydrogen) atoms. The van der Waals surface area contributed by atoms with Crippen LogP contribution in [0.4, 0.5) is 0 Å². The van der Waals surface area contributed by atoms with E-state index in [1.165, 1.54) is 65.7 Å². The van der Waals surface area contributed by atoms with Gasteiger partial charge in [0.15, 0.2) is 0 Å². The minimum atomic E-state index is 0.987. The molecule has 1 heteroatoms. The van der Waals surface area contributed by atoms with Crippen molar-refractivity contribution in [2.75, 3.05) is 0 Å². The van der Waals surface area contributed by atoms with E-state index >= 15 is 0 Å². The second kappa shape index (κ2) is 12.4. The number of nitrogens with zero attached hydrogens (tertiary/aromatic N) is 1. The molecular formula is C44H33N. The summed E-state index contributed by atoms with van der Waals surface area (Å²) < 4.78 is 0. The van der Waals surface area contributed by atoms with Gasteiger partial charge in [-0.2, -0.15) is 0 Å². The van der Waals surface area contributed by atoms with Crippen LogP contribution in [0, 0.1) is 0 Å². The third-order valence-electron chi connectivity index (χ3n) is 8.29. The first-order valence-corrected chi connectivity index (χ1v) is 15.4. The zero-order valence-electron chi connectivity index (χ0n) is 25.3. The number of hydrogen-bond donors (Lipinski definition) is 0. The van der Waals surface area contributed by atoms with Crippen molar-refractivity contribution in [1.29, 1.82) is 0 Å². The van der Waals surface area contributed by atoms with Crippen molar-refractivity contribution < 1.29 is 0 Å². The van der Waals surface area contributed by atoms with Crippen molar-refractivity contribution in [2.45, 2.75) is 6.92 Å². The fraction of sp³-hybridized carbons (Fsp3) is 0.0227. The number of rotatable bonds is 4. The molecule has 214 valence electrons. The van der Waals surface area contributed by atoms with Crippen molar-refractivity contribution in [3.63, 3.8) is 0 Å². The molecule has 0 fully saturated rings. The van der Waals surface area contributed by atoms with Gasteiger partial charge in [0.1, 0.15) is 0 Å². The van der Waals surface area contributed by atoms with Gasteiger partial charge in [0.05, 0.1) is 5.69 Å². The minimum absolute atomic E-state index is 0.987. The van der Waals surface area contributed by atoms with Crippen molar-refractivity contribution >= 4 is 32.3 Å². The zero-order valence-corrected chi connectivity index (χ0v) is 25.3. The molecule has 8 aromatic rings. The van der Waals surface area contributed by atoms with Gasteiger partial charge in [0.25, 0.3) is 0 Å². The van der Waals surface area contributed by atoms with E-state index in [0.29, 0.717) is 0 Å². The second-order valence-electron chi connectivity index (χ2n) is 11.2. The summed E-state index contributed by atoms with van der Waals surface area (Å²) in [4.78, 5) is 4.62. The first-order chi connectivity index (χ1) is 22.2. The molecule has 0 aliphatic heterocycles. The number of hydrogen-bond acceptors (Lipinski definition) is 1. The topological polar surface area (TPSA) is 12.9 Å². The maximum Gasteiger partial charge on any atom is 0.0708 e. The Kier molecular flexibility index (Phi) is 7.74. The average molecular weight is 576 g/mol. The predicted octanol–water partition coefficient (Wildman–Crippen LogP) is 12.4. The fourth-order valence-electron chi connectivity index (χ4n) is 6.31. The number of aromatic nitrogens is 1. The number of fused-ring (bicyclic) bond motifs is 3. The SMILES string of the molecule is C=CC.c1ccc(-c2cc(-c3ccc4cc(-c5c6ccccc6c(-c6ccccc6)c6ccccc56)ccc4c3)ccn2)cc1. The van der Waals surface area contributed by atoms with Crippen LogP contribution in [-0.4, -0.2) is 4.98 Å². The lowest BCUT2D eigenvalue weighted by Gasteiger charge is -2.18. The van der Waals surface area contributed by atoms with Gasteiger partial charge in [-0.3, -0.25) is 4.98 Å². The quantitative estimate of drug-likeness (QED) is 0.150. The first-order valence-electron chi connectivity index (χ1n) is 15.4. The smallest absolute Gasteiger partial charge is 0.0708 e. The fourth-order valence-corrected chi connectivity index (χ4v) is 6.31. The Morgan fingerprint density at radius 3 is 1.40 bits per heavy atom. The Labute approximate surface area is 264 Å². The van der Waals surface area contributed by atoms with Gasteiger partial charge < -0.3 is 0 Å². The van der Waals surface area contributed by atoms with Gasteiger partial charge in [-0.25, -0.2) is 0 Å². The van der Waals surface area contributed by atoms with Crippen LogP contribution in [0.5, 0.6) is 0 Å². The summed E-state index contributed by atoms with van der Waals surface area (Å²) in [5, 5.41) is 7.56. The maximum absolute atomic E-state index is 4.62. The molecule has 0 spiro atoms. The molecule has 8 rings (SSSR count). The van der Waals surface area contributed by atoms with E-state index in [0.717, 1.165) is 11.3 Å². The third-order valence-corrected chi connectivity index (χ3v) is 8.29. The summed E-state index contributed by atoms with van der Waals surface area (Å²) >= 11 is 0. The monoisotopic (exact) mass is 575 g/mol. The van der Waals surface area contributed by atoms with Crippen molar-refractivity contribution in [3.05, 3.63) is 177 Å². The lowest BCUT2D eigenvalue weighted by Crippen LogP contribution is -1.91. The molecule has 0 bridgehead atoms. The lowest BCUT2D eigenvalue weighted by molar-refractivity contribution is 1.33. The summed E-state index contributed by atoms with van der Waals surface area (Å²) in [5.74, 6) is 0. The molecular weight excluding hydrogens is 542 g/mol. The van der Waals surface area contributed by atoms with Crippen LogP contribution in [0.25, 0.3) is 77.0 Å². The molecule has 0 saturated carbocycles. The largest absolute Gasteiger partial charge is 0.256 e. The van der Waals surface area contributed by atoms with E-state index < -0.39 is 0 Å². The number of allylic oxidation sites excluding steroid dienone is 1. The van der Waals surface area contributed by atoms with Crippen LogP contribution in [-0.2, 0) is 0 Å². The van der Waals surface area contributed by atoms with E-state index in [4.69, 9.17) is 0 Å². The summed E-state index contributed by atoms with van der Waals surface area (Å²) in [6, 6.07) is 56.7. The Balaban J connectivity index is 0.00000104. The standard InChI is InChI=1S/C41H27N.C3H6/c1-3-11-28(12-4-1)39-27-33(23-24-42-39)31-19-20-32-26-34(22-21-30(32)25-31)41-37-17-9-7-15-35(37)40(29-13-5-2-6-14-29)36-16-8-10-18-38(36)41;1-3-2/h1-27H;3H,1H2,2H3. The number of pyridine rings is 1. The molecule has 0 aliphatic carbocycles. The summed E-state index contributed by atoms with van der Waals surface area (Å²) in [7, 11) is 0. The minimum Gasteiger partial charge on any atom is -0.256 e. The highest BCUT2D eigenvalue weighted by Crippen LogP contribution is 2.44. The van der Waals surface area contributed by atoms with E-state index in [9.17, 15) is 0 Å². The summed E-state index contributed by atoms with van der Waals surface area (Å²) in [5.41, 5.74) is 9.54. The second-order valence-corrected chi connectivity index (χ2v) is 11.2. The van der Waals surface area contributed by atoms with E-state index in [-0.39, 0.29) is 0 Å². The van der Waals surface area contributed by atoms with Crippen LogP contribution in [0.1, 0.15) is 6.92 Å². The van der Waals surface area contributed by atoms with E-state index in [2.05, 4.69) is 163 Å². The average Bonchev–Trinajstić information content (AvgIpc) is 3.11. The highest BCUT2D eigenvalue weighted by Gasteiger charge is 2.16. The van der Waals surface area contributed by atoms with Crippen LogP contribution in [0.3, 0.4) is 0 Å². The van der Waals surface area contributed by atoms with Gasteiger partial charge in [-0.1, -0.05) is 140 Å². The molecule has 0 aliphatic rings. The van der Waals surface area contributed by atoms with Crippen LogP contribution in [0.2, 0.25) is 0 Å². The Hall–Kier alpha value is -5.79. The first kappa shape index (κ1) is 28.0. The van der Waals surface area contributed by atoms with Gasteiger partial charge in [-0.05, 0) is 96.9 Å². The zero-order chi connectivity index (χ0) is 30.6. The molecule has 1 aromatic heterocycles.